The molecule has 0 radical (unpaired) electrons. The first-order valence-electron chi connectivity index (χ1n) is 7.90. The van der Waals surface area contributed by atoms with Crippen molar-refractivity contribution < 1.29 is 4.74 Å². The number of hydrogen-bond donors (Lipinski definition) is 1. The van der Waals surface area contributed by atoms with Gasteiger partial charge in [0.05, 0.1) is 13.2 Å². The molecule has 3 aliphatic rings. The van der Waals surface area contributed by atoms with Crippen molar-refractivity contribution in [2.75, 3.05) is 26.3 Å². The molecule has 1 unspecified atom stereocenters. The molecule has 2 N–H and O–H groups in total. The van der Waals surface area contributed by atoms with Gasteiger partial charge in [-0.15, -0.1) is 0 Å². The first-order valence-corrected chi connectivity index (χ1v) is 7.90. The van der Waals surface area contributed by atoms with E-state index in [4.69, 9.17) is 10.5 Å². The van der Waals surface area contributed by atoms with E-state index in [9.17, 15) is 0 Å². The second-order valence-electron chi connectivity index (χ2n) is 6.55. The van der Waals surface area contributed by atoms with Crippen LogP contribution in [0.3, 0.4) is 0 Å². The molecular formula is C15H28N2O. The quantitative estimate of drug-likeness (QED) is 0.833. The molecule has 18 heavy (non-hydrogen) atoms. The summed E-state index contributed by atoms with van der Waals surface area (Å²) in [5, 5.41) is 0. The maximum Gasteiger partial charge on any atom is 0.0594 e. The molecule has 1 heterocycles. The van der Waals surface area contributed by atoms with Gasteiger partial charge in [0.1, 0.15) is 0 Å². The van der Waals surface area contributed by atoms with Gasteiger partial charge in [-0.05, 0) is 25.2 Å². The van der Waals surface area contributed by atoms with Gasteiger partial charge in [0, 0.05) is 24.7 Å². The average Bonchev–Trinajstić information content (AvgIpc) is 2.85. The van der Waals surface area contributed by atoms with Crippen LogP contribution < -0.4 is 5.73 Å². The summed E-state index contributed by atoms with van der Waals surface area (Å²) in [5.74, 6) is 0.929. The van der Waals surface area contributed by atoms with E-state index >= 15 is 0 Å². The minimum absolute atomic E-state index is 0.319. The second kappa shape index (κ2) is 5.48. The summed E-state index contributed by atoms with van der Waals surface area (Å²) in [4.78, 5) is 2.67. The molecule has 0 spiro atoms. The van der Waals surface area contributed by atoms with Crippen LogP contribution in [0.1, 0.15) is 51.4 Å². The maximum atomic E-state index is 6.67. The zero-order chi connectivity index (χ0) is 12.4. The third-order valence-electron chi connectivity index (χ3n) is 5.61. The Morgan fingerprint density at radius 2 is 1.78 bits per heavy atom. The Morgan fingerprint density at radius 3 is 2.33 bits per heavy atom. The normalized spacial score (nSPS) is 31.2. The average molecular weight is 252 g/mol. The fraction of sp³-hybridized carbons (Fsp3) is 1.00. The van der Waals surface area contributed by atoms with Gasteiger partial charge < -0.3 is 10.5 Å². The molecule has 0 bridgehead atoms. The van der Waals surface area contributed by atoms with Crippen LogP contribution in [0.2, 0.25) is 0 Å². The monoisotopic (exact) mass is 252 g/mol. The van der Waals surface area contributed by atoms with Crippen LogP contribution in [0, 0.1) is 5.92 Å². The van der Waals surface area contributed by atoms with E-state index in [0.717, 1.165) is 32.2 Å². The lowest BCUT2D eigenvalue weighted by Gasteiger charge is -2.48. The van der Waals surface area contributed by atoms with Crippen LogP contribution in [0.15, 0.2) is 0 Å². The molecule has 3 heteroatoms. The van der Waals surface area contributed by atoms with Crippen molar-refractivity contribution in [2.24, 2.45) is 11.7 Å². The van der Waals surface area contributed by atoms with Crippen molar-refractivity contribution >= 4 is 0 Å². The zero-order valence-electron chi connectivity index (χ0n) is 11.6. The first kappa shape index (κ1) is 12.9. The highest BCUT2D eigenvalue weighted by atomic mass is 16.5. The predicted octanol–water partition coefficient (Wildman–Crippen LogP) is 2.15. The van der Waals surface area contributed by atoms with Gasteiger partial charge in [-0.2, -0.15) is 0 Å². The fourth-order valence-electron chi connectivity index (χ4n) is 4.22. The lowest BCUT2D eigenvalue weighted by molar-refractivity contribution is -0.0347. The molecule has 0 aromatic carbocycles. The summed E-state index contributed by atoms with van der Waals surface area (Å²) in [5.41, 5.74) is 6.99. The van der Waals surface area contributed by atoms with E-state index in [1.54, 1.807) is 0 Å². The van der Waals surface area contributed by atoms with E-state index in [2.05, 4.69) is 4.90 Å². The third kappa shape index (κ3) is 2.33. The molecular weight excluding hydrogens is 224 g/mol. The summed E-state index contributed by atoms with van der Waals surface area (Å²) in [6, 6.07) is 0.392. The number of nitrogens with two attached hydrogens (primary N) is 1. The van der Waals surface area contributed by atoms with E-state index in [1.165, 1.54) is 51.4 Å². The molecule has 2 saturated carbocycles. The first-order chi connectivity index (χ1) is 8.81. The lowest BCUT2D eigenvalue weighted by Crippen LogP contribution is -2.61. The van der Waals surface area contributed by atoms with E-state index in [1.807, 2.05) is 0 Å². The van der Waals surface area contributed by atoms with E-state index in [0.29, 0.717) is 11.6 Å². The SMILES string of the molecule is NC(CC1CCC1)C1(N2CCOCC2)CCCC1. The van der Waals surface area contributed by atoms with Crippen molar-refractivity contribution in [3.05, 3.63) is 0 Å². The number of ether oxygens (including phenoxy) is 1. The Kier molecular flexibility index (Phi) is 3.92. The standard InChI is InChI=1S/C15H28N2O/c16-14(12-13-4-3-5-13)15(6-1-2-7-15)17-8-10-18-11-9-17/h13-14H,1-12,16H2. The minimum atomic E-state index is 0.319. The third-order valence-corrected chi connectivity index (χ3v) is 5.61. The van der Waals surface area contributed by atoms with Gasteiger partial charge in [0.15, 0.2) is 0 Å². The van der Waals surface area contributed by atoms with Crippen molar-refractivity contribution in [2.45, 2.75) is 62.9 Å². The van der Waals surface area contributed by atoms with Crippen LogP contribution in [-0.4, -0.2) is 42.8 Å². The van der Waals surface area contributed by atoms with Crippen LogP contribution >= 0.6 is 0 Å². The molecule has 0 aromatic heterocycles. The van der Waals surface area contributed by atoms with Gasteiger partial charge in [0.25, 0.3) is 0 Å². The van der Waals surface area contributed by atoms with E-state index in [-0.39, 0.29) is 0 Å². The molecule has 3 nitrogen and oxygen atoms in total. The molecule has 2 aliphatic carbocycles. The largest absolute Gasteiger partial charge is 0.379 e. The number of morpholine rings is 1. The van der Waals surface area contributed by atoms with Crippen LogP contribution in [-0.2, 0) is 4.74 Å². The van der Waals surface area contributed by atoms with Gasteiger partial charge in [-0.1, -0.05) is 32.1 Å². The lowest BCUT2D eigenvalue weighted by atomic mass is 9.75. The highest BCUT2D eigenvalue weighted by Crippen LogP contribution is 2.41. The van der Waals surface area contributed by atoms with Gasteiger partial charge in [-0.3, -0.25) is 4.90 Å². The van der Waals surface area contributed by atoms with Crippen LogP contribution in [0.4, 0.5) is 0 Å². The Balaban J connectivity index is 1.68. The summed E-state index contributed by atoms with van der Waals surface area (Å²) >= 11 is 0. The highest BCUT2D eigenvalue weighted by Gasteiger charge is 2.45. The Hall–Kier alpha value is -0.120. The van der Waals surface area contributed by atoms with Gasteiger partial charge in [0.2, 0.25) is 0 Å². The number of rotatable bonds is 4. The van der Waals surface area contributed by atoms with Crippen molar-refractivity contribution in [1.82, 2.24) is 4.90 Å². The second-order valence-corrected chi connectivity index (χ2v) is 6.55. The molecule has 3 fully saturated rings. The number of hydrogen-bond acceptors (Lipinski definition) is 3. The maximum absolute atomic E-state index is 6.67. The Bertz CT molecular complexity index is 266. The summed E-state index contributed by atoms with van der Waals surface area (Å²) in [7, 11) is 0. The Morgan fingerprint density at radius 1 is 1.11 bits per heavy atom. The smallest absolute Gasteiger partial charge is 0.0594 e. The molecule has 0 aromatic rings. The zero-order valence-corrected chi connectivity index (χ0v) is 11.6. The van der Waals surface area contributed by atoms with Gasteiger partial charge >= 0.3 is 0 Å². The molecule has 3 rings (SSSR count). The van der Waals surface area contributed by atoms with Crippen molar-refractivity contribution in [1.29, 1.82) is 0 Å². The van der Waals surface area contributed by atoms with Crippen LogP contribution in [0.25, 0.3) is 0 Å². The summed E-state index contributed by atoms with van der Waals surface area (Å²) in [6.07, 6.45) is 10.9. The Labute approximate surface area is 111 Å². The molecule has 1 saturated heterocycles. The molecule has 1 atom stereocenters. The van der Waals surface area contributed by atoms with Crippen molar-refractivity contribution in [3.8, 4) is 0 Å². The topological polar surface area (TPSA) is 38.5 Å². The fourth-order valence-corrected chi connectivity index (χ4v) is 4.22. The minimum Gasteiger partial charge on any atom is -0.379 e. The predicted molar refractivity (Wildman–Crippen MR) is 73.5 cm³/mol. The highest BCUT2D eigenvalue weighted by molar-refractivity contribution is 5.03. The molecule has 0 amide bonds. The molecule has 104 valence electrons. The van der Waals surface area contributed by atoms with Crippen molar-refractivity contribution in [3.63, 3.8) is 0 Å². The number of nitrogens with zero attached hydrogens (tertiary/aromatic N) is 1. The molecule has 1 aliphatic heterocycles. The van der Waals surface area contributed by atoms with Crippen LogP contribution in [0.5, 0.6) is 0 Å². The summed E-state index contributed by atoms with van der Waals surface area (Å²) < 4.78 is 5.51. The summed E-state index contributed by atoms with van der Waals surface area (Å²) in [6.45, 7) is 3.99. The van der Waals surface area contributed by atoms with E-state index < -0.39 is 0 Å². The van der Waals surface area contributed by atoms with Gasteiger partial charge in [-0.25, -0.2) is 0 Å².